The van der Waals surface area contributed by atoms with Crippen LogP contribution in [-0.4, -0.2) is 63.8 Å². The van der Waals surface area contributed by atoms with Gasteiger partial charge in [0, 0.05) is 39.3 Å². The number of aliphatic hydroxyl groups excluding tert-OH is 1. The summed E-state index contributed by atoms with van der Waals surface area (Å²) in [5, 5.41) is 16.1. The van der Waals surface area contributed by atoms with Crippen LogP contribution in [0.4, 0.5) is 4.79 Å². The number of nitrogens with two attached hydrogens (primary N) is 1. The van der Waals surface area contributed by atoms with E-state index in [2.05, 4.69) is 31.4 Å². The van der Waals surface area contributed by atoms with Crippen molar-refractivity contribution in [2.45, 2.75) is 77.9 Å². The van der Waals surface area contributed by atoms with Gasteiger partial charge in [0.25, 0.3) is 0 Å². The lowest BCUT2D eigenvalue weighted by molar-refractivity contribution is 0.125. The number of carbonyl (C=O) groups is 1. The Morgan fingerprint density at radius 2 is 1.83 bits per heavy atom. The molecule has 2 amide bonds. The molecule has 0 aliphatic rings. The summed E-state index contributed by atoms with van der Waals surface area (Å²) in [7, 11) is 3.31. The fourth-order valence-electron chi connectivity index (χ4n) is 3.91. The number of hydrogen-bond acceptors (Lipinski definition) is 6. The van der Waals surface area contributed by atoms with Crippen molar-refractivity contribution in [2.24, 2.45) is 17.6 Å². The number of methoxy groups -OCH3 is 2. The highest BCUT2D eigenvalue weighted by Crippen LogP contribution is 2.31. The van der Waals surface area contributed by atoms with Gasteiger partial charge in [-0.15, -0.1) is 0 Å². The third kappa shape index (κ3) is 13.0. The van der Waals surface area contributed by atoms with E-state index in [-0.39, 0.29) is 18.5 Å². The van der Waals surface area contributed by atoms with Crippen LogP contribution in [0.25, 0.3) is 0 Å². The second kappa shape index (κ2) is 18.3. The van der Waals surface area contributed by atoms with Gasteiger partial charge in [-0.3, -0.25) is 0 Å². The summed E-state index contributed by atoms with van der Waals surface area (Å²) < 4.78 is 16.4. The van der Waals surface area contributed by atoms with Crippen molar-refractivity contribution >= 4 is 6.03 Å². The van der Waals surface area contributed by atoms with Crippen LogP contribution in [0.3, 0.4) is 0 Å². The lowest BCUT2D eigenvalue weighted by Gasteiger charge is -2.27. The topological polar surface area (TPSA) is 115 Å². The summed E-state index contributed by atoms with van der Waals surface area (Å²) in [4.78, 5) is 12.0. The third-order valence-corrected chi connectivity index (χ3v) is 6.28. The van der Waals surface area contributed by atoms with E-state index >= 15 is 0 Å². The summed E-state index contributed by atoms with van der Waals surface area (Å²) in [6.45, 7) is 8.46. The molecule has 1 rings (SSSR count). The molecule has 0 spiro atoms. The molecule has 1 aromatic rings. The van der Waals surface area contributed by atoms with E-state index in [1.807, 2.05) is 18.2 Å². The lowest BCUT2D eigenvalue weighted by atomic mass is 9.83. The number of nitrogens with one attached hydrogen (secondary N) is 2. The Morgan fingerprint density at radius 3 is 2.49 bits per heavy atom. The molecule has 0 bridgehead atoms. The number of benzene rings is 1. The minimum atomic E-state index is -0.808. The first-order valence-electron chi connectivity index (χ1n) is 13.1. The van der Waals surface area contributed by atoms with Gasteiger partial charge in [-0.25, -0.2) is 4.79 Å². The van der Waals surface area contributed by atoms with Gasteiger partial charge in [0.2, 0.25) is 0 Å². The number of carbonyl (C=O) groups excluding carboxylic acids is 1. The van der Waals surface area contributed by atoms with Crippen LogP contribution in [0, 0.1) is 11.8 Å². The van der Waals surface area contributed by atoms with Gasteiger partial charge >= 0.3 is 6.03 Å². The second-order valence-corrected chi connectivity index (χ2v) is 9.55. The van der Waals surface area contributed by atoms with Gasteiger partial charge in [0.1, 0.15) is 0 Å². The Balaban J connectivity index is 2.59. The molecule has 0 saturated heterocycles. The summed E-state index contributed by atoms with van der Waals surface area (Å²) >= 11 is 0. The number of amides is 2. The second-order valence-electron chi connectivity index (χ2n) is 9.55. The molecule has 0 aromatic heterocycles. The zero-order chi connectivity index (χ0) is 26.1. The largest absolute Gasteiger partial charge is 0.493 e. The number of urea groups is 1. The van der Waals surface area contributed by atoms with Crippen LogP contribution >= 0.6 is 0 Å². The Morgan fingerprint density at radius 1 is 1.06 bits per heavy atom. The van der Waals surface area contributed by atoms with Crippen molar-refractivity contribution in [1.82, 2.24) is 10.6 Å². The fourth-order valence-corrected chi connectivity index (χ4v) is 3.91. The number of ether oxygens (including phenoxy) is 3. The summed E-state index contributed by atoms with van der Waals surface area (Å²) in [5.74, 6) is 2.06. The molecular formula is C27H49N3O5. The van der Waals surface area contributed by atoms with E-state index in [1.165, 1.54) is 6.42 Å². The molecule has 0 heterocycles. The zero-order valence-corrected chi connectivity index (χ0v) is 22.5. The Bertz CT molecular complexity index is 701. The smallest absolute Gasteiger partial charge is 0.314 e. The van der Waals surface area contributed by atoms with Gasteiger partial charge < -0.3 is 35.7 Å². The van der Waals surface area contributed by atoms with Crippen molar-refractivity contribution in [3.63, 3.8) is 0 Å². The lowest BCUT2D eigenvalue weighted by Crippen LogP contribution is -2.47. The molecule has 1 aromatic carbocycles. The highest BCUT2D eigenvalue weighted by molar-refractivity contribution is 5.73. The van der Waals surface area contributed by atoms with E-state index in [4.69, 9.17) is 19.9 Å². The standard InChI is InChI=1S/C27H49N3O5/c1-6-7-8-9-13-29-27(32)30-19-24(31)23(28)18-22(20(2)3)16-21-11-12-25(34-5)26(17-21)35-15-10-14-33-4/h11-12,17,20,22-24,31H,6-10,13-16,18-19,28H2,1-5H3,(H2,29,30,32)/t22-,23-,24-/m0/s1. The average Bonchev–Trinajstić information content (AvgIpc) is 2.84. The average molecular weight is 496 g/mol. The van der Waals surface area contributed by atoms with Crippen LogP contribution in [-0.2, 0) is 11.2 Å². The summed E-state index contributed by atoms with van der Waals surface area (Å²) in [6.07, 6.45) is 5.86. The predicted molar refractivity (Wildman–Crippen MR) is 141 cm³/mol. The maximum absolute atomic E-state index is 12.0. The summed E-state index contributed by atoms with van der Waals surface area (Å²) in [5.41, 5.74) is 7.48. The molecule has 5 N–H and O–H groups in total. The summed E-state index contributed by atoms with van der Waals surface area (Å²) in [6, 6.07) is 5.30. The van der Waals surface area contributed by atoms with Crippen LogP contribution in [0.1, 0.15) is 64.9 Å². The van der Waals surface area contributed by atoms with E-state index < -0.39 is 12.1 Å². The molecule has 0 unspecified atom stereocenters. The first-order valence-corrected chi connectivity index (χ1v) is 13.1. The molecule has 0 aliphatic heterocycles. The van der Waals surface area contributed by atoms with E-state index in [0.29, 0.717) is 37.8 Å². The molecule has 0 aliphatic carbocycles. The molecule has 8 heteroatoms. The van der Waals surface area contributed by atoms with E-state index in [1.54, 1.807) is 14.2 Å². The highest BCUT2D eigenvalue weighted by atomic mass is 16.5. The minimum absolute atomic E-state index is 0.134. The van der Waals surface area contributed by atoms with Gasteiger partial charge in [-0.2, -0.15) is 0 Å². The van der Waals surface area contributed by atoms with Gasteiger partial charge in [-0.05, 0) is 48.8 Å². The van der Waals surface area contributed by atoms with Crippen molar-refractivity contribution < 1.29 is 24.1 Å². The minimum Gasteiger partial charge on any atom is -0.493 e. The predicted octanol–water partition coefficient (Wildman–Crippen LogP) is 3.88. The number of hydrogen-bond donors (Lipinski definition) is 4. The number of unbranched alkanes of at least 4 members (excludes halogenated alkanes) is 3. The molecule has 8 nitrogen and oxygen atoms in total. The number of aliphatic hydroxyl groups is 1. The first kappa shape index (κ1) is 31.0. The van der Waals surface area contributed by atoms with E-state index in [9.17, 15) is 9.90 Å². The molecule has 0 radical (unpaired) electrons. The maximum atomic E-state index is 12.0. The SMILES string of the molecule is CCCCCCNC(=O)NC[C@H](O)[C@@H](N)C[C@H](Cc1ccc(OC)c(OCCCOC)c1)C(C)C. The molecule has 0 saturated carbocycles. The monoisotopic (exact) mass is 495 g/mol. The molecule has 35 heavy (non-hydrogen) atoms. The van der Waals surface area contributed by atoms with Gasteiger partial charge in [0.05, 0.1) is 19.8 Å². The molecule has 3 atom stereocenters. The first-order chi connectivity index (χ1) is 16.8. The maximum Gasteiger partial charge on any atom is 0.314 e. The van der Waals surface area contributed by atoms with Crippen LogP contribution in [0.15, 0.2) is 18.2 Å². The Hall–Kier alpha value is -2.03. The van der Waals surface area contributed by atoms with Crippen molar-refractivity contribution in [2.75, 3.05) is 40.5 Å². The zero-order valence-electron chi connectivity index (χ0n) is 22.5. The van der Waals surface area contributed by atoms with Crippen molar-refractivity contribution in [3.05, 3.63) is 23.8 Å². The van der Waals surface area contributed by atoms with Crippen molar-refractivity contribution in [1.29, 1.82) is 0 Å². The van der Waals surface area contributed by atoms with Gasteiger partial charge in [0.15, 0.2) is 11.5 Å². The molecule has 202 valence electrons. The fraction of sp³-hybridized carbons (Fsp3) is 0.741. The Labute approximate surface area is 212 Å². The van der Waals surface area contributed by atoms with Crippen molar-refractivity contribution in [3.8, 4) is 11.5 Å². The Kier molecular flexibility index (Phi) is 16.2. The number of rotatable bonds is 19. The highest BCUT2D eigenvalue weighted by Gasteiger charge is 2.23. The third-order valence-electron chi connectivity index (χ3n) is 6.28. The quantitative estimate of drug-likeness (QED) is 0.217. The van der Waals surface area contributed by atoms with Crippen LogP contribution in [0.2, 0.25) is 0 Å². The molecule has 0 fully saturated rings. The molecular weight excluding hydrogens is 446 g/mol. The van der Waals surface area contributed by atoms with Crippen LogP contribution in [0.5, 0.6) is 11.5 Å². The van der Waals surface area contributed by atoms with Gasteiger partial charge in [-0.1, -0.05) is 46.1 Å². The normalized spacial score (nSPS) is 13.8. The van der Waals surface area contributed by atoms with Crippen LogP contribution < -0.4 is 25.8 Å². The van der Waals surface area contributed by atoms with E-state index in [0.717, 1.165) is 43.4 Å².